The van der Waals surface area contributed by atoms with Crippen LogP contribution in [0.25, 0.3) is 10.9 Å². The first-order valence-corrected chi connectivity index (χ1v) is 10.7. The zero-order chi connectivity index (χ0) is 20.8. The summed E-state index contributed by atoms with van der Waals surface area (Å²) >= 11 is 0. The van der Waals surface area contributed by atoms with Gasteiger partial charge in [0.15, 0.2) is 11.6 Å². The number of benzene rings is 1. The molecule has 2 fully saturated rings. The van der Waals surface area contributed by atoms with Gasteiger partial charge in [0.2, 0.25) is 5.89 Å². The molecule has 0 radical (unpaired) electrons. The van der Waals surface area contributed by atoms with Crippen LogP contribution in [-0.4, -0.2) is 51.3 Å². The molecular weight excluding hydrogens is 390 g/mol. The number of pyridine rings is 1. The summed E-state index contributed by atoms with van der Waals surface area (Å²) in [5.74, 6) is 4.01. The lowest BCUT2D eigenvalue weighted by atomic mass is 9.95. The molecule has 0 bridgehead atoms. The minimum atomic E-state index is 0.246. The number of aromatic nitrogens is 5. The number of aryl methyl sites for hydroxylation is 1. The molecule has 0 unspecified atom stereocenters. The van der Waals surface area contributed by atoms with Crippen molar-refractivity contribution in [1.29, 1.82) is 0 Å². The van der Waals surface area contributed by atoms with E-state index < -0.39 is 0 Å². The van der Waals surface area contributed by atoms with Crippen LogP contribution in [0.1, 0.15) is 35.7 Å². The van der Waals surface area contributed by atoms with Crippen LogP contribution in [0, 0.1) is 6.92 Å². The largest absolute Gasteiger partial charge is 0.355 e. The molecule has 1 atom stereocenters. The fraction of sp³-hybridized carbons (Fsp3) is 0.348. The van der Waals surface area contributed by atoms with Gasteiger partial charge in [0.1, 0.15) is 5.82 Å². The highest BCUT2D eigenvalue weighted by molar-refractivity contribution is 5.80. The molecule has 0 aliphatic carbocycles. The maximum absolute atomic E-state index is 5.40. The SMILES string of the molecule is Cc1noc([C@@H]2CCN(c3nccnc3C3CN(c4ccc5ccccc5n4)C3)C2)n1. The Balaban J connectivity index is 1.18. The summed E-state index contributed by atoms with van der Waals surface area (Å²) in [5, 5.41) is 5.11. The summed E-state index contributed by atoms with van der Waals surface area (Å²) in [6, 6.07) is 12.5. The van der Waals surface area contributed by atoms with Crippen LogP contribution < -0.4 is 9.80 Å². The predicted molar refractivity (Wildman–Crippen MR) is 117 cm³/mol. The summed E-state index contributed by atoms with van der Waals surface area (Å²) in [6.45, 7) is 5.40. The van der Waals surface area contributed by atoms with Crippen molar-refractivity contribution in [3.05, 3.63) is 66.2 Å². The van der Waals surface area contributed by atoms with E-state index in [2.05, 4.69) is 44.2 Å². The maximum Gasteiger partial charge on any atom is 0.231 e. The van der Waals surface area contributed by atoms with E-state index in [0.717, 1.165) is 61.3 Å². The standard InChI is InChI=1S/C23H23N7O/c1-15-26-23(31-28-15)17-8-11-29(12-17)22-21(24-9-10-25-22)18-13-30(14-18)20-7-6-16-4-2-3-5-19(16)27-20/h2-7,9-10,17-18H,8,11-14H2,1H3/t17-/m1/s1. The van der Waals surface area contributed by atoms with Gasteiger partial charge in [-0.05, 0) is 31.5 Å². The maximum atomic E-state index is 5.40. The van der Waals surface area contributed by atoms with E-state index in [-0.39, 0.29) is 5.92 Å². The summed E-state index contributed by atoms with van der Waals surface area (Å²) in [4.78, 5) is 23.3. The van der Waals surface area contributed by atoms with Gasteiger partial charge >= 0.3 is 0 Å². The van der Waals surface area contributed by atoms with Gasteiger partial charge in [-0.1, -0.05) is 23.4 Å². The number of fused-ring (bicyclic) bond motifs is 1. The van der Waals surface area contributed by atoms with E-state index in [4.69, 9.17) is 19.5 Å². The Morgan fingerprint density at radius 2 is 1.74 bits per heavy atom. The summed E-state index contributed by atoms with van der Waals surface area (Å²) in [7, 11) is 0. The molecule has 6 rings (SSSR count). The van der Waals surface area contributed by atoms with Crippen molar-refractivity contribution in [3.63, 3.8) is 0 Å². The Labute approximate surface area is 179 Å². The number of para-hydroxylation sites is 1. The van der Waals surface area contributed by atoms with Crippen molar-refractivity contribution in [1.82, 2.24) is 25.1 Å². The molecule has 0 saturated carbocycles. The minimum absolute atomic E-state index is 0.246. The van der Waals surface area contributed by atoms with Crippen molar-refractivity contribution >= 4 is 22.5 Å². The Hall–Kier alpha value is -3.55. The fourth-order valence-electron chi connectivity index (χ4n) is 4.58. The molecule has 8 heteroatoms. The molecule has 2 aliphatic heterocycles. The van der Waals surface area contributed by atoms with E-state index in [0.29, 0.717) is 11.7 Å². The van der Waals surface area contributed by atoms with E-state index in [1.165, 1.54) is 5.39 Å². The first kappa shape index (κ1) is 18.2. The summed E-state index contributed by atoms with van der Waals surface area (Å²) in [6.07, 6.45) is 4.56. The van der Waals surface area contributed by atoms with Gasteiger partial charge in [-0.2, -0.15) is 4.98 Å². The summed E-state index contributed by atoms with van der Waals surface area (Å²) in [5.41, 5.74) is 2.10. The van der Waals surface area contributed by atoms with Gasteiger partial charge in [-0.15, -0.1) is 0 Å². The smallest absolute Gasteiger partial charge is 0.231 e. The van der Waals surface area contributed by atoms with E-state index in [9.17, 15) is 0 Å². The van der Waals surface area contributed by atoms with Crippen molar-refractivity contribution in [2.45, 2.75) is 25.2 Å². The Morgan fingerprint density at radius 3 is 2.61 bits per heavy atom. The number of nitrogens with zero attached hydrogens (tertiary/aromatic N) is 7. The number of anilines is 2. The second-order valence-corrected chi connectivity index (χ2v) is 8.34. The van der Waals surface area contributed by atoms with Gasteiger partial charge in [0.25, 0.3) is 0 Å². The molecule has 8 nitrogen and oxygen atoms in total. The lowest BCUT2D eigenvalue weighted by molar-refractivity contribution is 0.356. The first-order valence-electron chi connectivity index (χ1n) is 10.7. The highest BCUT2D eigenvalue weighted by atomic mass is 16.5. The molecule has 2 saturated heterocycles. The third-order valence-corrected chi connectivity index (χ3v) is 6.26. The molecule has 156 valence electrons. The van der Waals surface area contributed by atoms with E-state index >= 15 is 0 Å². The van der Waals surface area contributed by atoms with Gasteiger partial charge in [0, 0.05) is 49.9 Å². The normalized spacial score (nSPS) is 19.2. The number of rotatable bonds is 4. The van der Waals surface area contributed by atoms with Crippen LogP contribution in [0.4, 0.5) is 11.6 Å². The Bertz CT molecular complexity index is 1230. The number of hydrogen-bond donors (Lipinski definition) is 0. The van der Waals surface area contributed by atoms with Gasteiger partial charge in [0.05, 0.1) is 17.1 Å². The topological polar surface area (TPSA) is 84.1 Å². The molecule has 0 N–H and O–H groups in total. The van der Waals surface area contributed by atoms with Gasteiger partial charge < -0.3 is 14.3 Å². The Morgan fingerprint density at radius 1 is 0.903 bits per heavy atom. The van der Waals surface area contributed by atoms with E-state index in [1.54, 1.807) is 12.4 Å². The van der Waals surface area contributed by atoms with Crippen molar-refractivity contribution < 1.29 is 4.52 Å². The average Bonchev–Trinajstić information content (AvgIpc) is 3.42. The highest BCUT2D eigenvalue weighted by Gasteiger charge is 2.36. The van der Waals surface area contributed by atoms with Crippen LogP contribution in [0.15, 0.2) is 53.3 Å². The quantitative estimate of drug-likeness (QED) is 0.504. The molecule has 31 heavy (non-hydrogen) atoms. The molecular formula is C23H23N7O. The molecule has 5 heterocycles. The third kappa shape index (κ3) is 3.28. The lowest BCUT2D eigenvalue weighted by Crippen LogP contribution is -2.46. The Kier molecular flexibility index (Phi) is 4.29. The van der Waals surface area contributed by atoms with Crippen molar-refractivity contribution in [2.24, 2.45) is 0 Å². The van der Waals surface area contributed by atoms with Crippen LogP contribution >= 0.6 is 0 Å². The van der Waals surface area contributed by atoms with E-state index in [1.807, 2.05) is 19.1 Å². The van der Waals surface area contributed by atoms with Crippen LogP contribution in [0.3, 0.4) is 0 Å². The zero-order valence-electron chi connectivity index (χ0n) is 17.3. The monoisotopic (exact) mass is 413 g/mol. The van der Waals surface area contributed by atoms with Crippen molar-refractivity contribution in [3.8, 4) is 0 Å². The highest BCUT2D eigenvalue weighted by Crippen LogP contribution is 2.37. The second-order valence-electron chi connectivity index (χ2n) is 8.34. The van der Waals surface area contributed by atoms with Gasteiger partial charge in [-0.3, -0.25) is 4.98 Å². The molecule has 0 spiro atoms. The lowest BCUT2D eigenvalue weighted by Gasteiger charge is -2.40. The third-order valence-electron chi connectivity index (χ3n) is 6.26. The summed E-state index contributed by atoms with van der Waals surface area (Å²) < 4.78 is 5.40. The molecule has 1 aromatic carbocycles. The first-order chi connectivity index (χ1) is 15.2. The van der Waals surface area contributed by atoms with Gasteiger partial charge in [-0.25, -0.2) is 9.97 Å². The van der Waals surface area contributed by atoms with Crippen molar-refractivity contribution in [2.75, 3.05) is 36.0 Å². The van der Waals surface area contributed by atoms with Crippen LogP contribution in [0.2, 0.25) is 0 Å². The molecule has 0 amide bonds. The van der Waals surface area contributed by atoms with Crippen LogP contribution in [0.5, 0.6) is 0 Å². The fourth-order valence-corrected chi connectivity index (χ4v) is 4.58. The average molecular weight is 413 g/mol. The predicted octanol–water partition coefficient (Wildman–Crippen LogP) is 3.31. The zero-order valence-corrected chi connectivity index (χ0v) is 17.3. The molecule has 2 aliphatic rings. The second kappa shape index (κ2) is 7.30. The molecule has 4 aromatic rings. The number of hydrogen-bond acceptors (Lipinski definition) is 8. The molecule has 3 aromatic heterocycles. The minimum Gasteiger partial charge on any atom is -0.355 e. The van der Waals surface area contributed by atoms with Crippen LogP contribution in [-0.2, 0) is 0 Å².